The highest BCUT2D eigenvalue weighted by atomic mass is 28.2. The number of carbonyl (C=O) groups excluding carboxylic acids is 1. The van der Waals surface area contributed by atoms with E-state index in [1.54, 1.807) is 7.11 Å². The number of nitrogens with one attached hydrogen (secondary N) is 1. The standard InChI is InChI=1S/C7H17NO2Si/c1-3-7(9)8-5-4-6-11-10-2/h3-6,11H2,1-2H3,(H,8,9). The first kappa shape index (κ1) is 10.6. The zero-order valence-corrected chi connectivity index (χ0v) is 8.77. The van der Waals surface area contributed by atoms with E-state index >= 15 is 0 Å². The molecule has 0 rings (SSSR count). The van der Waals surface area contributed by atoms with Crippen LogP contribution in [-0.4, -0.2) is 29.3 Å². The molecule has 1 N–H and O–H groups in total. The summed E-state index contributed by atoms with van der Waals surface area (Å²) >= 11 is 0. The molecule has 0 bridgehead atoms. The first-order chi connectivity index (χ1) is 5.31. The van der Waals surface area contributed by atoms with E-state index in [1.165, 1.54) is 0 Å². The van der Waals surface area contributed by atoms with Gasteiger partial charge >= 0.3 is 0 Å². The van der Waals surface area contributed by atoms with Gasteiger partial charge in [-0.05, 0) is 12.5 Å². The predicted molar refractivity (Wildman–Crippen MR) is 48.3 cm³/mol. The average molecular weight is 175 g/mol. The van der Waals surface area contributed by atoms with Crippen molar-refractivity contribution in [1.82, 2.24) is 5.32 Å². The lowest BCUT2D eigenvalue weighted by Gasteiger charge is -2.01. The van der Waals surface area contributed by atoms with Crippen LogP contribution < -0.4 is 5.32 Å². The molecule has 0 aromatic heterocycles. The molecule has 1 amide bonds. The lowest BCUT2D eigenvalue weighted by molar-refractivity contribution is -0.120. The van der Waals surface area contributed by atoms with E-state index in [4.69, 9.17) is 4.43 Å². The maximum atomic E-state index is 10.7. The van der Waals surface area contributed by atoms with Crippen LogP contribution >= 0.6 is 0 Å². The molecule has 0 radical (unpaired) electrons. The molecule has 4 heteroatoms. The Labute approximate surface area is 70.5 Å². The van der Waals surface area contributed by atoms with E-state index in [2.05, 4.69) is 5.32 Å². The molecule has 0 atom stereocenters. The fraction of sp³-hybridized carbons (Fsp3) is 0.857. The highest BCUT2D eigenvalue weighted by Crippen LogP contribution is 1.86. The molecular formula is C7H17NO2Si. The molecule has 0 aliphatic rings. The van der Waals surface area contributed by atoms with Crippen LogP contribution in [0.15, 0.2) is 0 Å². The molecule has 3 nitrogen and oxygen atoms in total. The number of hydrogen-bond acceptors (Lipinski definition) is 2. The van der Waals surface area contributed by atoms with Crippen molar-refractivity contribution < 1.29 is 9.22 Å². The number of carbonyl (C=O) groups is 1. The molecule has 0 aromatic carbocycles. The van der Waals surface area contributed by atoms with Gasteiger partial charge in [0, 0.05) is 20.1 Å². The van der Waals surface area contributed by atoms with Gasteiger partial charge in [-0.25, -0.2) is 0 Å². The van der Waals surface area contributed by atoms with Crippen molar-refractivity contribution in [3.05, 3.63) is 0 Å². The van der Waals surface area contributed by atoms with E-state index in [0.717, 1.165) is 19.0 Å². The Morgan fingerprint density at radius 3 is 2.91 bits per heavy atom. The third kappa shape index (κ3) is 7.54. The molecular weight excluding hydrogens is 158 g/mol. The van der Waals surface area contributed by atoms with Crippen molar-refractivity contribution in [2.75, 3.05) is 13.7 Å². The zero-order valence-electron chi connectivity index (χ0n) is 7.35. The minimum atomic E-state index is -0.281. The molecule has 0 heterocycles. The fourth-order valence-electron chi connectivity index (χ4n) is 0.724. The summed E-state index contributed by atoms with van der Waals surface area (Å²) in [4.78, 5) is 10.7. The minimum Gasteiger partial charge on any atom is -0.427 e. The van der Waals surface area contributed by atoms with Crippen molar-refractivity contribution in [3.8, 4) is 0 Å². The van der Waals surface area contributed by atoms with Gasteiger partial charge < -0.3 is 9.74 Å². The largest absolute Gasteiger partial charge is 0.427 e. The van der Waals surface area contributed by atoms with Crippen molar-refractivity contribution in [2.24, 2.45) is 0 Å². The molecule has 11 heavy (non-hydrogen) atoms. The van der Waals surface area contributed by atoms with Gasteiger partial charge in [-0.3, -0.25) is 4.79 Å². The van der Waals surface area contributed by atoms with Crippen LogP contribution in [-0.2, 0) is 9.22 Å². The first-order valence-electron chi connectivity index (χ1n) is 4.07. The van der Waals surface area contributed by atoms with Crippen LogP contribution in [0.2, 0.25) is 6.04 Å². The first-order valence-corrected chi connectivity index (χ1v) is 5.64. The van der Waals surface area contributed by atoms with Gasteiger partial charge in [0.05, 0.1) is 0 Å². The summed E-state index contributed by atoms with van der Waals surface area (Å²) in [6, 6.07) is 1.15. The Kier molecular flexibility index (Phi) is 7.50. The van der Waals surface area contributed by atoms with Crippen LogP contribution in [0.1, 0.15) is 19.8 Å². The summed E-state index contributed by atoms with van der Waals surface area (Å²) < 4.78 is 5.00. The Morgan fingerprint density at radius 2 is 2.36 bits per heavy atom. The maximum Gasteiger partial charge on any atom is 0.219 e. The van der Waals surface area contributed by atoms with Gasteiger partial charge in [0.2, 0.25) is 5.91 Å². The third-order valence-electron chi connectivity index (χ3n) is 1.42. The van der Waals surface area contributed by atoms with E-state index in [0.29, 0.717) is 6.42 Å². The van der Waals surface area contributed by atoms with Gasteiger partial charge in [0.15, 0.2) is 9.76 Å². The third-order valence-corrected chi connectivity index (χ3v) is 2.62. The van der Waals surface area contributed by atoms with Gasteiger partial charge in [-0.2, -0.15) is 0 Å². The summed E-state index contributed by atoms with van der Waals surface area (Å²) in [6.07, 6.45) is 1.65. The Balaban J connectivity index is 2.95. The number of amides is 1. The molecule has 0 aliphatic carbocycles. The maximum absolute atomic E-state index is 10.7. The predicted octanol–water partition coefficient (Wildman–Crippen LogP) is 0.0512. The molecule has 0 spiro atoms. The summed E-state index contributed by atoms with van der Waals surface area (Å²) in [5, 5.41) is 2.82. The summed E-state index contributed by atoms with van der Waals surface area (Å²) in [5.41, 5.74) is 0. The van der Waals surface area contributed by atoms with Gasteiger partial charge in [0.1, 0.15) is 0 Å². The van der Waals surface area contributed by atoms with E-state index in [-0.39, 0.29) is 15.7 Å². The molecule has 66 valence electrons. The average Bonchev–Trinajstić information content (AvgIpc) is 2.04. The summed E-state index contributed by atoms with van der Waals surface area (Å²) in [5.74, 6) is 0.143. The fourth-order valence-corrected chi connectivity index (χ4v) is 1.47. The van der Waals surface area contributed by atoms with Crippen LogP contribution in [0.3, 0.4) is 0 Å². The van der Waals surface area contributed by atoms with Crippen molar-refractivity contribution in [1.29, 1.82) is 0 Å². The second-order valence-corrected chi connectivity index (χ2v) is 4.10. The monoisotopic (exact) mass is 175 g/mol. The highest BCUT2D eigenvalue weighted by molar-refractivity contribution is 6.26. The van der Waals surface area contributed by atoms with E-state index < -0.39 is 0 Å². The molecule has 0 aliphatic heterocycles. The normalized spacial score (nSPS) is 10.7. The van der Waals surface area contributed by atoms with E-state index in [9.17, 15) is 4.79 Å². The second-order valence-electron chi connectivity index (χ2n) is 2.40. The van der Waals surface area contributed by atoms with E-state index in [1.807, 2.05) is 6.92 Å². The van der Waals surface area contributed by atoms with Gasteiger partial charge in [-0.1, -0.05) is 6.92 Å². The zero-order chi connectivity index (χ0) is 8.53. The highest BCUT2D eigenvalue weighted by Gasteiger charge is 1.94. The van der Waals surface area contributed by atoms with Gasteiger partial charge in [0.25, 0.3) is 0 Å². The molecule has 0 aromatic rings. The topological polar surface area (TPSA) is 38.3 Å². The Hall–Kier alpha value is -0.353. The van der Waals surface area contributed by atoms with Gasteiger partial charge in [-0.15, -0.1) is 0 Å². The molecule has 0 fully saturated rings. The second kappa shape index (κ2) is 7.75. The van der Waals surface area contributed by atoms with Crippen molar-refractivity contribution in [2.45, 2.75) is 25.8 Å². The number of hydrogen-bond donors (Lipinski definition) is 1. The van der Waals surface area contributed by atoms with Crippen LogP contribution in [0.4, 0.5) is 0 Å². The Morgan fingerprint density at radius 1 is 1.64 bits per heavy atom. The van der Waals surface area contributed by atoms with Crippen LogP contribution in [0.5, 0.6) is 0 Å². The molecule has 0 saturated carbocycles. The molecule has 0 saturated heterocycles. The summed E-state index contributed by atoms with van der Waals surface area (Å²) in [7, 11) is 1.47. The van der Waals surface area contributed by atoms with Crippen LogP contribution in [0, 0.1) is 0 Å². The van der Waals surface area contributed by atoms with Crippen molar-refractivity contribution in [3.63, 3.8) is 0 Å². The van der Waals surface area contributed by atoms with Crippen molar-refractivity contribution >= 4 is 15.7 Å². The lowest BCUT2D eigenvalue weighted by atomic mass is 10.4. The lowest BCUT2D eigenvalue weighted by Crippen LogP contribution is -2.23. The Bertz CT molecular complexity index is 109. The summed E-state index contributed by atoms with van der Waals surface area (Å²) in [6.45, 7) is 2.67. The minimum absolute atomic E-state index is 0.143. The number of rotatable bonds is 6. The smallest absolute Gasteiger partial charge is 0.219 e. The molecule has 0 unspecified atom stereocenters. The SMILES string of the molecule is CCC(=O)NCCC[SiH2]OC. The van der Waals surface area contributed by atoms with Crippen LogP contribution in [0.25, 0.3) is 0 Å². The quantitative estimate of drug-likeness (QED) is 0.457.